The Morgan fingerprint density at radius 3 is 1.38 bits per heavy atom. The van der Waals surface area contributed by atoms with Gasteiger partial charge in [-0.3, -0.25) is 24.0 Å². The first-order valence-corrected chi connectivity index (χ1v) is 41.5. The molecule has 8 aromatic carbocycles. The predicted molar refractivity (Wildman–Crippen MR) is 491 cm³/mol. The van der Waals surface area contributed by atoms with Gasteiger partial charge in [-0.2, -0.15) is 6.42 Å². The third kappa shape index (κ3) is 36.6. The number of carbonyl (C=O) groups excluding carboxylic acids is 5. The van der Waals surface area contributed by atoms with E-state index >= 15 is 0 Å². The first-order valence-electron chi connectivity index (χ1n) is 37.5. The Morgan fingerprint density at radius 1 is 0.517 bits per heavy atom. The molecule has 0 aromatic heterocycles. The van der Waals surface area contributed by atoms with E-state index in [2.05, 4.69) is 139 Å². The Hall–Kier alpha value is -7.75. The van der Waals surface area contributed by atoms with E-state index < -0.39 is 5.41 Å². The van der Waals surface area contributed by atoms with Crippen LogP contribution in [0.4, 0.5) is 45.5 Å². The molecule has 0 bridgehead atoms. The van der Waals surface area contributed by atoms with Gasteiger partial charge in [0.25, 0.3) is 0 Å². The Bertz CT molecular complexity index is 4470. The fourth-order valence-electron chi connectivity index (χ4n) is 10.8. The molecule has 5 amide bonds. The number of hydrogen-bond donors (Lipinski definition) is 10. The number of thiol groups is 1. The zero-order valence-electron chi connectivity index (χ0n) is 69.2. The number of nitrogens with zero attached hydrogens (tertiary/aromatic N) is 1. The summed E-state index contributed by atoms with van der Waals surface area (Å²) in [4.78, 5) is 57.3. The van der Waals surface area contributed by atoms with Crippen LogP contribution in [0.25, 0.3) is 0 Å². The van der Waals surface area contributed by atoms with Crippen molar-refractivity contribution >= 4 is 176 Å². The summed E-state index contributed by atoms with van der Waals surface area (Å²) >= 11 is 22.0. The Morgan fingerprint density at radius 2 is 0.931 bits per heavy atom. The van der Waals surface area contributed by atoms with Crippen LogP contribution in [0, 0.1) is 38.5 Å². The third-order valence-corrected chi connectivity index (χ3v) is 19.2. The van der Waals surface area contributed by atoms with Crippen molar-refractivity contribution in [1.29, 1.82) is 0 Å². The molecule has 0 unspecified atom stereocenters. The molecule has 1 fully saturated rings. The topological polar surface area (TPSA) is 301 Å². The molecular weight excluding hydrogens is 1760 g/mol. The van der Waals surface area contributed by atoms with Gasteiger partial charge < -0.3 is 83.8 Å². The summed E-state index contributed by atoms with van der Waals surface area (Å²) in [6, 6.07) is 42.5. The van der Waals surface area contributed by atoms with Crippen molar-refractivity contribution in [2.45, 2.75) is 148 Å². The summed E-state index contributed by atoms with van der Waals surface area (Å²) in [7, 11) is 4.34. The van der Waals surface area contributed by atoms with Crippen molar-refractivity contribution in [3.05, 3.63) is 208 Å². The van der Waals surface area contributed by atoms with E-state index in [0.717, 1.165) is 195 Å². The van der Waals surface area contributed by atoms with Crippen LogP contribution in [0.15, 0.2) is 156 Å². The molecule has 0 saturated carbocycles. The summed E-state index contributed by atoms with van der Waals surface area (Å²) in [5.74, 6) is 4.38. The van der Waals surface area contributed by atoms with Crippen LogP contribution in [0.3, 0.4) is 0 Å². The van der Waals surface area contributed by atoms with E-state index in [0.29, 0.717) is 26.2 Å². The van der Waals surface area contributed by atoms with Crippen LogP contribution >= 0.6 is 88.8 Å². The molecule has 11 N–H and O–H groups in total. The number of aliphatic hydroxyl groups excluding tert-OH is 1. The number of aryl methyl sites for hydroxylation is 3. The number of aliphatic hydroxyl groups is 1. The molecule has 21 nitrogen and oxygen atoms in total. The maximum absolute atomic E-state index is 11.9. The molecule has 0 atom stereocenters. The van der Waals surface area contributed by atoms with Crippen molar-refractivity contribution in [2.75, 3.05) is 96.2 Å². The van der Waals surface area contributed by atoms with Gasteiger partial charge in [-0.05, 0) is 205 Å². The molecule has 6 heterocycles. The summed E-state index contributed by atoms with van der Waals surface area (Å²) in [6.07, 6.45) is 7.30. The number of nitrogens with one attached hydrogen (secondary N) is 6. The van der Waals surface area contributed by atoms with Gasteiger partial charge in [0.15, 0.2) is 0 Å². The van der Waals surface area contributed by atoms with Gasteiger partial charge >= 0.3 is 43.6 Å². The van der Waals surface area contributed by atoms with Gasteiger partial charge in [-0.25, -0.2) is 0 Å². The van der Waals surface area contributed by atoms with Crippen molar-refractivity contribution in [3.8, 4) is 28.7 Å². The van der Waals surface area contributed by atoms with E-state index in [1.54, 1.807) is 0 Å². The van der Waals surface area contributed by atoms with Gasteiger partial charge in [0, 0.05) is 140 Å². The van der Waals surface area contributed by atoms with Crippen molar-refractivity contribution in [1.82, 2.24) is 0 Å². The summed E-state index contributed by atoms with van der Waals surface area (Å²) < 4.78 is 37.9. The van der Waals surface area contributed by atoms with E-state index in [-0.39, 0.29) is 60.4 Å². The van der Waals surface area contributed by atoms with Crippen LogP contribution in [-0.2, 0) is 67.2 Å². The average molecular weight is 1880 g/mol. The number of benzene rings is 8. The number of rotatable bonds is 9. The molecule has 29 heteroatoms. The van der Waals surface area contributed by atoms with Crippen molar-refractivity contribution in [3.63, 3.8) is 0 Å². The second kappa shape index (κ2) is 52.9. The average Bonchev–Trinajstić information content (AvgIpc) is 1.63. The third-order valence-electron chi connectivity index (χ3n) is 16.5. The second-order valence-corrected chi connectivity index (χ2v) is 32.8. The van der Waals surface area contributed by atoms with Crippen LogP contribution in [0.1, 0.15) is 139 Å². The molecular formula is C87H110BBr4LiN9O12S2. The minimum Gasteiger partial charge on any atom is -0.343 e. The normalized spacial score (nSPS) is 12.3. The SMILES string of the molecule is C1CO1.CC(=O)Nc1c(Br)cc(Br)c2c1CCO2.CC(=O)Nc1c(Br)ccc2c1CCO2.CC(=O)Nc1cccc2c1CCO2.CC(=S)Nc1c(Br)ccc2c1CCO2.Cc1cccc(N)c1.Cc1cccc(NC(=O)C(C)(C)C)c1.Cc1cccc(NC(=O)C(C)(C)C)c1CCO.Nc1cccc2c1CCO2.[B]=NS.[CH2-]CCC.[Li+]. The molecule has 116 heavy (non-hydrogen) atoms. The zero-order chi connectivity index (χ0) is 85.5. The molecule has 0 aliphatic carbocycles. The van der Waals surface area contributed by atoms with Crippen LogP contribution < -0.4 is 85.9 Å². The fourth-order valence-corrected chi connectivity index (χ4v) is 13.3. The zero-order valence-corrected chi connectivity index (χ0v) is 77.3. The molecule has 0 spiro atoms. The Labute approximate surface area is 743 Å². The van der Waals surface area contributed by atoms with Crippen LogP contribution in [-0.4, -0.2) is 100 Å². The van der Waals surface area contributed by atoms with E-state index in [1.165, 1.54) is 43.9 Å². The minimum atomic E-state index is -0.416. The number of nitrogens with two attached hydrogens (primary N) is 2. The van der Waals surface area contributed by atoms with Gasteiger partial charge in [0.05, 0.1) is 72.8 Å². The fraction of sp³-hybridized carbons (Fsp3) is 0.368. The Kier molecular flexibility index (Phi) is 46.7. The standard InChI is InChI=1S/C14H21NO2.C12H17NO.C10H9Br2NO2.C10H10BrNO2.C10H10BrNOS.C10H11NO2.C8H9NO.C7H9N.C4H9.C2H4O.BHNS.Li/c1-10-6-5-7-12(11(10)8-9-16)15-13(17)14(2,3)4;1-9-6-5-7-10(8-9)13-11(14)12(2,3)4;1-5(14)13-9-6-2-3-15-10(6)8(12)4-7(9)11;1-6(13)12-10-7-4-5-14-9(7)3-2-8(10)11;1-6(14)12-10-7-4-5-13-9(7)3-2-8(10)11;1-7(12)11-9-3-2-4-10-8(9)5-6-13-10;9-7-2-1-3-8-6(7)4-5-10-8;1-6-3-2-4-7(8)5-6;1-3-4-2;1-2-3-1;1-2-3;/h5-7,16H,8-9H2,1-4H3,(H,15,17);5-8H,1-4H3,(H,13,14);4H,2-3H2,1H3,(H,13,14);2-3H,4-5H2,1H3,(H,12,13);2-3H,4-5H2,1H3,(H,12,14);2-4H,5-6H2,1H3,(H,11,12);1-3H,4-5,9H2;2-5H,8H2,1H3;1,3-4H2,2H3;1-2H2;3H;/q;;;;;;;;-1;;;+1. The second-order valence-electron chi connectivity index (χ2n) is 28.5. The van der Waals surface area contributed by atoms with Crippen LogP contribution in [0.2, 0.25) is 0 Å². The van der Waals surface area contributed by atoms with Gasteiger partial charge in [0.2, 0.25) is 29.5 Å². The molecule has 8 aromatic rings. The number of anilines is 8. The first kappa shape index (κ1) is 102. The number of carbonyl (C=O) groups is 5. The monoisotopic (exact) mass is 1870 g/mol. The van der Waals surface area contributed by atoms with E-state index in [9.17, 15) is 24.0 Å². The number of epoxide rings is 1. The van der Waals surface area contributed by atoms with E-state index in [1.807, 2.05) is 203 Å². The quantitative estimate of drug-likeness (QED) is 0.0160. The number of unbranched alkanes of at least 4 members (excludes halogenated alkanes) is 1. The number of ether oxygens (including phenoxy) is 6. The largest absolute Gasteiger partial charge is 1.00 e. The number of fused-ring (bicyclic) bond motifs is 5. The minimum absolute atomic E-state index is 0. The number of nitrogen functional groups attached to an aromatic ring is 2. The smallest absolute Gasteiger partial charge is 0.343 e. The molecule has 6 aliphatic heterocycles. The molecule has 1 saturated heterocycles. The number of thiocarbonyl (C=S) groups is 1. The first-order chi connectivity index (χ1) is 54.5. The predicted octanol–water partition coefficient (Wildman–Crippen LogP) is 17.3. The number of halogens is 4. The van der Waals surface area contributed by atoms with Crippen LogP contribution in [0.5, 0.6) is 28.7 Å². The van der Waals surface area contributed by atoms with Crippen molar-refractivity contribution in [2.24, 2.45) is 15.1 Å². The summed E-state index contributed by atoms with van der Waals surface area (Å²) in [6.45, 7) is 35.2. The Balaban J connectivity index is 0.000000338. The van der Waals surface area contributed by atoms with Gasteiger partial charge in [-0.15, -0.1) is 0 Å². The summed E-state index contributed by atoms with van der Waals surface area (Å²) in [5, 5.41) is 26.4. The molecule has 619 valence electrons. The van der Waals surface area contributed by atoms with Gasteiger partial charge in [0.1, 0.15) is 28.7 Å². The molecule has 1 radical (unpaired) electrons. The van der Waals surface area contributed by atoms with Crippen molar-refractivity contribution < 1.29 is 76.4 Å². The number of hydrogen-bond acceptors (Lipinski definition) is 17. The number of amides is 5. The van der Waals surface area contributed by atoms with Gasteiger partial charge in [-0.1, -0.05) is 116 Å². The molecule has 6 aliphatic rings. The maximum Gasteiger partial charge on any atom is 1.00 e. The summed E-state index contributed by atoms with van der Waals surface area (Å²) in [5.41, 5.74) is 27.4. The maximum atomic E-state index is 11.9. The molecule has 14 rings (SSSR count). The van der Waals surface area contributed by atoms with E-state index in [4.69, 9.17) is 52.5 Å².